The van der Waals surface area contributed by atoms with Gasteiger partial charge in [-0.25, -0.2) is 9.78 Å². The van der Waals surface area contributed by atoms with Gasteiger partial charge in [0.25, 0.3) is 5.69 Å². The number of carbonyl (C=O) groups is 1. The molecule has 0 saturated carbocycles. The molecule has 0 N–H and O–H groups in total. The van der Waals surface area contributed by atoms with Crippen molar-refractivity contribution in [3.05, 3.63) is 27.9 Å². The van der Waals surface area contributed by atoms with Gasteiger partial charge in [0, 0.05) is 32.2 Å². The summed E-state index contributed by atoms with van der Waals surface area (Å²) >= 11 is 0. The van der Waals surface area contributed by atoms with Crippen LogP contribution >= 0.6 is 0 Å². The second-order valence-electron chi connectivity index (χ2n) is 6.49. The summed E-state index contributed by atoms with van der Waals surface area (Å²) in [5.41, 5.74) is -0.103. The van der Waals surface area contributed by atoms with Crippen LogP contribution in [0.5, 0.6) is 0 Å². The van der Waals surface area contributed by atoms with Gasteiger partial charge in [0.05, 0.1) is 4.92 Å². The highest BCUT2D eigenvalue weighted by atomic mass is 16.6. The molecule has 8 heteroatoms. The van der Waals surface area contributed by atoms with Crippen molar-refractivity contribution in [3.8, 4) is 0 Å². The summed E-state index contributed by atoms with van der Waals surface area (Å²) in [6.45, 7) is 9.44. The number of pyridine rings is 1. The average molecular weight is 322 g/mol. The molecule has 1 aliphatic heterocycles. The molecule has 2 rings (SSSR count). The standard InChI is InChI=1S/C15H22N4O4/c1-11-12(19(21)22)5-6-13(16-11)17-7-9-18(10-8-17)14(20)23-15(2,3)4/h5-6H,7-10H2,1-4H3. The second kappa shape index (κ2) is 6.39. The SMILES string of the molecule is Cc1nc(N2CCN(C(=O)OC(C)(C)C)CC2)ccc1[N+](=O)[O-]. The molecule has 1 amide bonds. The van der Waals surface area contributed by atoms with Gasteiger partial charge in [0.2, 0.25) is 0 Å². The van der Waals surface area contributed by atoms with Gasteiger partial charge in [-0.05, 0) is 33.8 Å². The summed E-state index contributed by atoms with van der Waals surface area (Å²) in [7, 11) is 0. The van der Waals surface area contributed by atoms with Crippen LogP contribution in [0.2, 0.25) is 0 Å². The van der Waals surface area contributed by atoms with Crippen molar-refractivity contribution in [2.45, 2.75) is 33.3 Å². The van der Waals surface area contributed by atoms with E-state index in [1.54, 1.807) is 17.9 Å². The van der Waals surface area contributed by atoms with E-state index in [2.05, 4.69) is 4.98 Å². The van der Waals surface area contributed by atoms with Crippen molar-refractivity contribution < 1.29 is 14.5 Å². The highest BCUT2D eigenvalue weighted by molar-refractivity contribution is 5.68. The molecule has 0 bridgehead atoms. The first-order valence-electron chi connectivity index (χ1n) is 7.52. The molecule has 0 unspecified atom stereocenters. The number of anilines is 1. The third kappa shape index (κ3) is 4.30. The Kier molecular flexibility index (Phi) is 4.72. The highest BCUT2D eigenvalue weighted by Gasteiger charge is 2.26. The number of hydrogen-bond acceptors (Lipinski definition) is 6. The molecule has 2 heterocycles. The van der Waals surface area contributed by atoms with Gasteiger partial charge in [-0.3, -0.25) is 10.1 Å². The van der Waals surface area contributed by atoms with E-state index in [1.807, 2.05) is 25.7 Å². The Bertz CT molecular complexity index is 604. The van der Waals surface area contributed by atoms with Crippen LogP contribution in [-0.2, 0) is 4.74 Å². The summed E-state index contributed by atoms with van der Waals surface area (Å²) in [4.78, 5) is 30.4. The Hall–Kier alpha value is -2.38. The predicted octanol–water partition coefficient (Wildman–Crippen LogP) is 2.36. The van der Waals surface area contributed by atoms with Gasteiger partial charge in [0.15, 0.2) is 0 Å². The summed E-state index contributed by atoms with van der Waals surface area (Å²) in [6, 6.07) is 3.12. The molecule has 0 aromatic carbocycles. The maximum atomic E-state index is 12.0. The van der Waals surface area contributed by atoms with E-state index in [-0.39, 0.29) is 11.8 Å². The van der Waals surface area contributed by atoms with E-state index in [0.717, 1.165) is 0 Å². The fraction of sp³-hybridized carbons (Fsp3) is 0.600. The molecular formula is C15H22N4O4. The van der Waals surface area contributed by atoms with Gasteiger partial charge in [-0.1, -0.05) is 0 Å². The third-order valence-corrected chi connectivity index (χ3v) is 3.50. The number of amides is 1. The minimum Gasteiger partial charge on any atom is -0.444 e. The van der Waals surface area contributed by atoms with Crippen LogP contribution in [0.3, 0.4) is 0 Å². The number of ether oxygens (including phenoxy) is 1. The van der Waals surface area contributed by atoms with Gasteiger partial charge in [-0.2, -0.15) is 0 Å². The van der Waals surface area contributed by atoms with Crippen molar-refractivity contribution in [1.29, 1.82) is 0 Å². The first kappa shape index (κ1) is 17.0. The van der Waals surface area contributed by atoms with E-state index in [9.17, 15) is 14.9 Å². The zero-order valence-corrected chi connectivity index (χ0v) is 13.9. The van der Waals surface area contributed by atoms with Crippen LogP contribution in [0, 0.1) is 17.0 Å². The first-order valence-corrected chi connectivity index (χ1v) is 7.52. The number of hydrogen-bond donors (Lipinski definition) is 0. The molecule has 23 heavy (non-hydrogen) atoms. The normalized spacial score (nSPS) is 15.5. The molecule has 1 saturated heterocycles. The molecule has 1 aromatic rings. The minimum atomic E-state index is -0.509. The van der Waals surface area contributed by atoms with Crippen molar-refractivity contribution in [1.82, 2.24) is 9.88 Å². The monoisotopic (exact) mass is 322 g/mol. The van der Waals surface area contributed by atoms with Gasteiger partial charge < -0.3 is 14.5 Å². The van der Waals surface area contributed by atoms with Gasteiger partial charge in [-0.15, -0.1) is 0 Å². The molecule has 0 aliphatic carbocycles. The number of piperazine rings is 1. The molecule has 0 atom stereocenters. The Balaban J connectivity index is 1.98. The summed E-state index contributed by atoms with van der Waals surface area (Å²) in [6.07, 6.45) is -0.315. The zero-order chi connectivity index (χ0) is 17.2. The lowest BCUT2D eigenvalue weighted by atomic mass is 10.2. The molecular weight excluding hydrogens is 300 g/mol. The Morgan fingerprint density at radius 3 is 2.35 bits per heavy atom. The van der Waals surface area contributed by atoms with Crippen LogP contribution in [0.25, 0.3) is 0 Å². The zero-order valence-electron chi connectivity index (χ0n) is 13.9. The number of rotatable bonds is 2. The van der Waals surface area contributed by atoms with Gasteiger partial charge in [0.1, 0.15) is 17.1 Å². The van der Waals surface area contributed by atoms with Crippen LogP contribution in [0.4, 0.5) is 16.3 Å². The summed E-state index contributed by atoms with van der Waals surface area (Å²) in [5, 5.41) is 10.8. The number of nitro groups is 1. The second-order valence-corrected chi connectivity index (χ2v) is 6.49. The average Bonchev–Trinajstić information content (AvgIpc) is 2.45. The van der Waals surface area contributed by atoms with Crippen LogP contribution in [0.1, 0.15) is 26.5 Å². The Morgan fingerprint density at radius 1 is 1.26 bits per heavy atom. The first-order chi connectivity index (χ1) is 10.7. The number of carbonyl (C=O) groups excluding carboxylic acids is 1. The number of nitrogens with zero attached hydrogens (tertiary/aromatic N) is 4. The fourth-order valence-electron chi connectivity index (χ4n) is 2.35. The fourth-order valence-corrected chi connectivity index (χ4v) is 2.35. The van der Waals surface area contributed by atoms with E-state index in [0.29, 0.717) is 37.7 Å². The summed E-state index contributed by atoms with van der Waals surface area (Å²) in [5.74, 6) is 0.692. The highest BCUT2D eigenvalue weighted by Crippen LogP contribution is 2.21. The minimum absolute atomic E-state index is 0.0149. The third-order valence-electron chi connectivity index (χ3n) is 3.50. The molecule has 0 radical (unpaired) electrons. The summed E-state index contributed by atoms with van der Waals surface area (Å²) < 4.78 is 5.36. The van der Waals surface area contributed by atoms with Crippen molar-refractivity contribution in [2.75, 3.05) is 31.1 Å². The molecule has 126 valence electrons. The molecule has 1 aliphatic rings. The largest absolute Gasteiger partial charge is 0.444 e. The Morgan fingerprint density at radius 2 is 1.87 bits per heavy atom. The molecule has 1 aromatic heterocycles. The lowest BCUT2D eigenvalue weighted by Gasteiger charge is -2.36. The van der Waals surface area contributed by atoms with E-state index >= 15 is 0 Å². The predicted molar refractivity (Wildman–Crippen MR) is 85.6 cm³/mol. The van der Waals surface area contributed by atoms with E-state index in [1.165, 1.54) is 6.07 Å². The van der Waals surface area contributed by atoms with Gasteiger partial charge >= 0.3 is 6.09 Å². The van der Waals surface area contributed by atoms with E-state index in [4.69, 9.17) is 4.74 Å². The Labute approximate surface area is 135 Å². The lowest BCUT2D eigenvalue weighted by Crippen LogP contribution is -2.50. The quantitative estimate of drug-likeness (QED) is 0.613. The lowest BCUT2D eigenvalue weighted by molar-refractivity contribution is -0.385. The van der Waals surface area contributed by atoms with Crippen molar-refractivity contribution >= 4 is 17.6 Å². The molecule has 0 spiro atoms. The van der Waals surface area contributed by atoms with Crippen LogP contribution in [-0.4, -0.2) is 52.7 Å². The van der Waals surface area contributed by atoms with E-state index < -0.39 is 10.5 Å². The number of aromatic nitrogens is 1. The molecule has 1 fully saturated rings. The maximum absolute atomic E-state index is 12.0. The topological polar surface area (TPSA) is 88.8 Å². The smallest absolute Gasteiger partial charge is 0.410 e. The van der Waals surface area contributed by atoms with Crippen LogP contribution < -0.4 is 4.90 Å². The van der Waals surface area contributed by atoms with Crippen molar-refractivity contribution in [2.24, 2.45) is 0 Å². The van der Waals surface area contributed by atoms with Crippen LogP contribution in [0.15, 0.2) is 12.1 Å². The number of aryl methyl sites for hydroxylation is 1. The maximum Gasteiger partial charge on any atom is 0.410 e. The van der Waals surface area contributed by atoms with Crippen molar-refractivity contribution in [3.63, 3.8) is 0 Å². The molecule has 8 nitrogen and oxygen atoms in total.